The predicted molar refractivity (Wildman–Crippen MR) is 139 cm³/mol. The quantitative estimate of drug-likeness (QED) is 0.266. The SMILES string of the molecule is Cc1c(CC(=O)O)c(-c2ccccc2)nn1Cc1ccc(NCC(=O)c2ccc(Cl)c(Cl)c2)cc1. The summed E-state index contributed by atoms with van der Waals surface area (Å²) in [5, 5.41) is 18.0. The molecule has 178 valence electrons. The standard InChI is InChI=1S/C27H23Cl2N3O3/c1-17-22(14-26(34)35)27(19-5-3-2-4-6-19)31-32(17)16-18-7-10-21(11-8-18)30-15-25(33)20-9-12-23(28)24(29)13-20/h2-13,30H,14-16H2,1H3,(H,34,35). The van der Waals surface area contributed by atoms with E-state index >= 15 is 0 Å². The molecule has 4 aromatic rings. The van der Waals surface area contributed by atoms with Crippen molar-refractivity contribution >= 4 is 40.6 Å². The molecular formula is C27H23Cl2N3O3. The zero-order chi connectivity index (χ0) is 24.9. The van der Waals surface area contributed by atoms with E-state index < -0.39 is 5.97 Å². The third kappa shape index (κ3) is 5.91. The van der Waals surface area contributed by atoms with Crippen molar-refractivity contribution in [3.63, 3.8) is 0 Å². The average molecular weight is 508 g/mol. The van der Waals surface area contributed by atoms with E-state index in [4.69, 9.17) is 28.3 Å². The van der Waals surface area contributed by atoms with Crippen molar-refractivity contribution in [2.75, 3.05) is 11.9 Å². The van der Waals surface area contributed by atoms with E-state index in [1.807, 2.05) is 66.2 Å². The Morgan fingerprint density at radius 1 is 0.971 bits per heavy atom. The van der Waals surface area contributed by atoms with Crippen LogP contribution < -0.4 is 5.32 Å². The summed E-state index contributed by atoms with van der Waals surface area (Å²) < 4.78 is 1.83. The second kappa shape index (κ2) is 10.8. The van der Waals surface area contributed by atoms with Crippen LogP contribution in [0.25, 0.3) is 11.3 Å². The van der Waals surface area contributed by atoms with Gasteiger partial charge < -0.3 is 10.4 Å². The molecule has 2 N–H and O–H groups in total. The van der Waals surface area contributed by atoms with Gasteiger partial charge in [-0.05, 0) is 42.8 Å². The molecule has 0 unspecified atom stereocenters. The Morgan fingerprint density at radius 2 is 1.69 bits per heavy atom. The van der Waals surface area contributed by atoms with Crippen LogP contribution in [-0.4, -0.2) is 33.2 Å². The third-order valence-corrected chi connectivity index (χ3v) is 6.43. The highest BCUT2D eigenvalue weighted by atomic mass is 35.5. The van der Waals surface area contributed by atoms with Crippen molar-refractivity contribution in [3.8, 4) is 11.3 Å². The minimum atomic E-state index is -0.893. The maximum atomic E-state index is 12.4. The van der Waals surface area contributed by atoms with Crippen LogP contribution in [0.4, 0.5) is 5.69 Å². The maximum absolute atomic E-state index is 12.4. The van der Waals surface area contributed by atoms with Gasteiger partial charge in [0.15, 0.2) is 5.78 Å². The molecule has 1 aromatic heterocycles. The Labute approximate surface area is 213 Å². The zero-order valence-corrected chi connectivity index (χ0v) is 20.5. The number of hydrogen-bond acceptors (Lipinski definition) is 4. The number of halogens is 2. The summed E-state index contributed by atoms with van der Waals surface area (Å²) in [7, 11) is 0. The number of carbonyl (C=O) groups is 2. The Morgan fingerprint density at radius 3 is 2.34 bits per heavy atom. The Balaban J connectivity index is 1.46. The van der Waals surface area contributed by atoms with Gasteiger partial charge in [-0.3, -0.25) is 14.3 Å². The van der Waals surface area contributed by atoms with Gasteiger partial charge in [0.05, 0.1) is 35.2 Å². The number of nitrogens with zero attached hydrogens (tertiary/aromatic N) is 2. The minimum Gasteiger partial charge on any atom is -0.481 e. The summed E-state index contributed by atoms with van der Waals surface area (Å²) in [5.41, 5.74) is 5.39. The number of nitrogens with one attached hydrogen (secondary N) is 1. The number of carboxylic acid groups (broad SMARTS) is 1. The van der Waals surface area contributed by atoms with Crippen molar-refractivity contribution in [1.82, 2.24) is 9.78 Å². The largest absolute Gasteiger partial charge is 0.481 e. The Bertz CT molecular complexity index is 1370. The van der Waals surface area contributed by atoms with Crippen molar-refractivity contribution in [2.45, 2.75) is 19.9 Å². The molecule has 0 radical (unpaired) electrons. The minimum absolute atomic E-state index is 0.0915. The van der Waals surface area contributed by atoms with Crippen molar-refractivity contribution in [3.05, 3.63) is 105 Å². The van der Waals surface area contributed by atoms with Gasteiger partial charge in [0.25, 0.3) is 0 Å². The monoisotopic (exact) mass is 507 g/mol. The fourth-order valence-corrected chi connectivity index (χ4v) is 4.08. The molecule has 0 bridgehead atoms. The van der Waals surface area contributed by atoms with Crippen LogP contribution in [0, 0.1) is 6.92 Å². The summed E-state index contributed by atoms with van der Waals surface area (Å²) >= 11 is 11.9. The van der Waals surface area contributed by atoms with E-state index in [0.717, 1.165) is 22.5 Å². The lowest BCUT2D eigenvalue weighted by Crippen LogP contribution is -2.14. The lowest BCUT2D eigenvalue weighted by molar-refractivity contribution is -0.136. The van der Waals surface area contributed by atoms with Gasteiger partial charge in [-0.15, -0.1) is 0 Å². The highest BCUT2D eigenvalue weighted by Crippen LogP contribution is 2.27. The van der Waals surface area contributed by atoms with Gasteiger partial charge in [0.2, 0.25) is 0 Å². The molecular weight excluding hydrogens is 485 g/mol. The molecule has 35 heavy (non-hydrogen) atoms. The number of anilines is 1. The molecule has 0 aliphatic carbocycles. The van der Waals surface area contributed by atoms with Gasteiger partial charge in [0, 0.05) is 28.1 Å². The molecule has 3 aromatic carbocycles. The first kappa shape index (κ1) is 24.5. The molecule has 0 atom stereocenters. The molecule has 8 heteroatoms. The summed E-state index contributed by atoms with van der Waals surface area (Å²) in [6.45, 7) is 2.50. The van der Waals surface area contributed by atoms with Gasteiger partial charge in [-0.1, -0.05) is 65.7 Å². The second-order valence-electron chi connectivity index (χ2n) is 8.11. The number of rotatable bonds is 9. The second-order valence-corrected chi connectivity index (χ2v) is 8.92. The van der Waals surface area contributed by atoms with Crippen molar-refractivity contribution in [2.24, 2.45) is 0 Å². The van der Waals surface area contributed by atoms with Crippen LogP contribution in [0.5, 0.6) is 0 Å². The fraction of sp³-hybridized carbons (Fsp3) is 0.148. The Hall–Kier alpha value is -3.61. The number of hydrogen-bond donors (Lipinski definition) is 2. The Kier molecular flexibility index (Phi) is 7.54. The molecule has 0 saturated heterocycles. The number of Topliss-reactive ketones (excluding diaryl/α,β-unsaturated/α-hetero) is 1. The zero-order valence-electron chi connectivity index (χ0n) is 19.0. The maximum Gasteiger partial charge on any atom is 0.307 e. The molecule has 0 fully saturated rings. The highest BCUT2D eigenvalue weighted by Gasteiger charge is 2.18. The first-order valence-corrected chi connectivity index (χ1v) is 11.7. The van der Waals surface area contributed by atoms with Crippen molar-refractivity contribution in [1.29, 1.82) is 0 Å². The number of aromatic nitrogens is 2. The fourth-order valence-electron chi connectivity index (χ4n) is 3.78. The van der Waals surface area contributed by atoms with Gasteiger partial charge in [-0.25, -0.2) is 0 Å². The first-order chi connectivity index (χ1) is 16.8. The molecule has 4 rings (SSSR count). The number of aliphatic carboxylic acids is 1. The summed E-state index contributed by atoms with van der Waals surface area (Å²) in [6, 6.07) is 22.1. The molecule has 0 saturated carbocycles. The smallest absolute Gasteiger partial charge is 0.307 e. The lowest BCUT2D eigenvalue weighted by Gasteiger charge is -2.09. The van der Waals surface area contributed by atoms with E-state index in [9.17, 15) is 14.7 Å². The molecule has 1 heterocycles. The predicted octanol–water partition coefficient (Wildman–Crippen LogP) is 6.14. The normalized spacial score (nSPS) is 10.8. The number of benzene rings is 3. The van der Waals surface area contributed by atoms with E-state index in [-0.39, 0.29) is 18.7 Å². The molecule has 0 amide bonds. The third-order valence-electron chi connectivity index (χ3n) is 5.69. The molecule has 0 aliphatic heterocycles. The van der Waals surface area contributed by atoms with E-state index in [2.05, 4.69) is 5.32 Å². The van der Waals surface area contributed by atoms with E-state index in [1.54, 1.807) is 18.2 Å². The average Bonchev–Trinajstić information content (AvgIpc) is 3.15. The lowest BCUT2D eigenvalue weighted by atomic mass is 10.0. The van der Waals surface area contributed by atoms with E-state index in [1.165, 1.54) is 0 Å². The first-order valence-electron chi connectivity index (χ1n) is 11.0. The number of ketones is 1. The summed E-state index contributed by atoms with van der Waals surface area (Å²) in [4.78, 5) is 23.9. The molecule has 0 spiro atoms. The van der Waals surface area contributed by atoms with E-state index in [0.29, 0.717) is 33.4 Å². The molecule has 6 nitrogen and oxygen atoms in total. The van der Waals surface area contributed by atoms with Gasteiger partial charge >= 0.3 is 5.97 Å². The van der Waals surface area contributed by atoms with Crippen LogP contribution >= 0.6 is 23.2 Å². The highest BCUT2D eigenvalue weighted by molar-refractivity contribution is 6.42. The number of carboxylic acids is 1. The number of carbonyl (C=O) groups excluding carboxylic acids is 1. The van der Waals surface area contributed by atoms with Crippen molar-refractivity contribution < 1.29 is 14.7 Å². The molecule has 0 aliphatic rings. The topological polar surface area (TPSA) is 84.2 Å². The van der Waals surface area contributed by atoms with Crippen LogP contribution in [0.3, 0.4) is 0 Å². The van der Waals surface area contributed by atoms with Gasteiger partial charge in [0.1, 0.15) is 0 Å². The summed E-state index contributed by atoms with van der Waals surface area (Å²) in [6.07, 6.45) is -0.0915. The van der Waals surface area contributed by atoms with Crippen LogP contribution in [0.2, 0.25) is 10.0 Å². The van der Waals surface area contributed by atoms with Gasteiger partial charge in [-0.2, -0.15) is 5.10 Å². The van der Waals surface area contributed by atoms with Crippen LogP contribution in [0.15, 0.2) is 72.8 Å². The van der Waals surface area contributed by atoms with Crippen LogP contribution in [0.1, 0.15) is 27.2 Å². The van der Waals surface area contributed by atoms with Crippen LogP contribution in [-0.2, 0) is 17.8 Å². The summed E-state index contributed by atoms with van der Waals surface area (Å²) in [5.74, 6) is -0.991.